The highest BCUT2D eigenvalue weighted by Crippen LogP contribution is 2.36. The van der Waals surface area contributed by atoms with Crippen molar-refractivity contribution >= 4 is 53.1 Å². The first-order valence-corrected chi connectivity index (χ1v) is 9.61. The summed E-state index contributed by atoms with van der Waals surface area (Å²) < 4.78 is 53.6. The van der Waals surface area contributed by atoms with Gasteiger partial charge in [0.05, 0.1) is 10.2 Å². The van der Waals surface area contributed by atoms with Crippen LogP contribution in [0.15, 0.2) is 57.3 Å². The molecule has 1 aromatic heterocycles. The van der Waals surface area contributed by atoms with Gasteiger partial charge in [0.15, 0.2) is 0 Å². The van der Waals surface area contributed by atoms with Gasteiger partial charge in [-0.3, -0.25) is 4.79 Å². The predicted octanol–water partition coefficient (Wildman–Crippen LogP) is 4.31. The van der Waals surface area contributed by atoms with Gasteiger partial charge in [-0.1, -0.05) is 40.2 Å². The first-order valence-electron chi connectivity index (χ1n) is 6.52. The van der Waals surface area contributed by atoms with Crippen molar-refractivity contribution in [3.63, 3.8) is 0 Å². The Balaban J connectivity index is 2.06. The Bertz CT molecular complexity index is 997. The number of alkyl halides is 2. The molecule has 0 unspecified atom stereocenters. The lowest BCUT2D eigenvalue weighted by Crippen LogP contribution is -2.37. The van der Waals surface area contributed by atoms with Gasteiger partial charge < -0.3 is 0 Å². The Morgan fingerprint density at radius 2 is 1.71 bits per heavy atom. The van der Waals surface area contributed by atoms with Crippen molar-refractivity contribution in [2.75, 3.05) is 0 Å². The van der Waals surface area contributed by atoms with Crippen LogP contribution in [-0.4, -0.2) is 24.4 Å². The van der Waals surface area contributed by atoms with Crippen molar-refractivity contribution in [2.24, 2.45) is 0 Å². The maximum absolute atomic E-state index is 14.4. The zero-order valence-corrected chi connectivity index (χ0v) is 15.0. The van der Waals surface area contributed by atoms with E-state index < -0.39 is 30.8 Å². The maximum atomic E-state index is 14.4. The average Bonchev–Trinajstić information content (AvgIpc) is 2.99. The van der Waals surface area contributed by atoms with Crippen molar-refractivity contribution in [1.29, 1.82) is 0 Å². The lowest BCUT2D eigenvalue weighted by molar-refractivity contribution is 0.0526. The van der Waals surface area contributed by atoms with E-state index in [0.717, 1.165) is 12.1 Å². The number of carbonyl (C=O) groups is 1. The van der Waals surface area contributed by atoms with Crippen LogP contribution in [-0.2, 0) is 9.84 Å². The fourth-order valence-corrected chi connectivity index (χ4v) is 4.75. The van der Waals surface area contributed by atoms with Crippen LogP contribution in [0, 0.1) is 0 Å². The summed E-state index contributed by atoms with van der Waals surface area (Å²) in [4.78, 5) is 15.8. The molecule has 0 N–H and O–H groups in total. The molecule has 0 fully saturated rings. The molecule has 0 atom stereocenters. The van der Waals surface area contributed by atoms with Gasteiger partial charge >= 0.3 is 5.25 Å². The molecule has 0 aliphatic carbocycles. The highest BCUT2D eigenvalue weighted by atomic mass is 79.9. The van der Waals surface area contributed by atoms with Crippen LogP contribution in [0.4, 0.5) is 8.78 Å². The number of ketones is 1. The van der Waals surface area contributed by atoms with E-state index >= 15 is 0 Å². The van der Waals surface area contributed by atoms with E-state index in [1.807, 2.05) is 0 Å². The number of hydrogen-bond donors (Lipinski definition) is 0. The molecule has 4 nitrogen and oxygen atoms in total. The second-order valence-corrected chi connectivity index (χ2v) is 8.91. The lowest BCUT2D eigenvalue weighted by Gasteiger charge is -2.14. The van der Waals surface area contributed by atoms with Gasteiger partial charge in [0.1, 0.15) is 0 Å². The summed E-state index contributed by atoms with van der Waals surface area (Å²) in [6.07, 6.45) is 0. The van der Waals surface area contributed by atoms with Gasteiger partial charge in [-0.2, -0.15) is 8.78 Å². The zero-order valence-electron chi connectivity index (χ0n) is 11.7. The molecular weight excluding hydrogens is 424 g/mol. The number of rotatable bonds is 4. The third-order valence-electron chi connectivity index (χ3n) is 3.21. The van der Waals surface area contributed by atoms with E-state index in [9.17, 15) is 22.0 Å². The number of sulfone groups is 1. The van der Waals surface area contributed by atoms with Crippen LogP contribution in [0.1, 0.15) is 10.4 Å². The van der Waals surface area contributed by atoms with E-state index in [2.05, 4.69) is 20.9 Å². The van der Waals surface area contributed by atoms with Gasteiger partial charge in [-0.05, 0) is 24.3 Å². The Kier molecular flexibility index (Phi) is 4.27. The number of benzene rings is 2. The molecule has 0 saturated heterocycles. The van der Waals surface area contributed by atoms with Gasteiger partial charge in [-0.15, -0.1) is 11.3 Å². The van der Waals surface area contributed by atoms with E-state index in [0.29, 0.717) is 20.5 Å². The number of fused-ring (bicyclic) bond motifs is 1. The van der Waals surface area contributed by atoms with Gasteiger partial charge in [0.25, 0.3) is 9.84 Å². The molecule has 2 aromatic carbocycles. The van der Waals surface area contributed by atoms with Gasteiger partial charge in [0, 0.05) is 10.0 Å². The second kappa shape index (κ2) is 5.98. The number of hydrogen-bond acceptors (Lipinski definition) is 5. The number of thiazole rings is 1. The third-order valence-corrected chi connectivity index (χ3v) is 6.89. The highest BCUT2D eigenvalue weighted by molar-refractivity contribution is 9.10. The lowest BCUT2D eigenvalue weighted by atomic mass is 10.1. The molecule has 0 aliphatic heterocycles. The molecule has 0 radical (unpaired) electrons. The number of Topliss-reactive ketones (excluding diaryl/α,β-unsaturated/α-hetero) is 1. The summed E-state index contributed by atoms with van der Waals surface area (Å²) in [7, 11) is -5.25. The first-order chi connectivity index (χ1) is 11.2. The number of nitrogens with zero attached hydrogens (tertiary/aromatic N) is 1. The number of halogens is 3. The predicted molar refractivity (Wildman–Crippen MR) is 90.2 cm³/mol. The SMILES string of the molecule is O=C(c1ccc(Br)cc1)C(F)(F)S(=O)(=O)c1nc2ccccc2s1. The summed E-state index contributed by atoms with van der Waals surface area (Å²) >= 11 is 3.72. The Morgan fingerprint density at radius 3 is 2.33 bits per heavy atom. The van der Waals surface area contributed by atoms with Crippen LogP contribution < -0.4 is 0 Å². The third kappa shape index (κ3) is 2.76. The van der Waals surface area contributed by atoms with Crippen LogP contribution in [0.25, 0.3) is 10.2 Å². The van der Waals surface area contributed by atoms with Gasteiger partial charge in [0.2, 0.25) is 10.1 Å². The molecule has 0 aliphatic rings. The molecule has 9 heteroatoms. The molecular formula is C15H8BrF2NO3S2. The molecule has 0 amide bonds. The standard InChI is InChI=1S/C15H8BrF2NO3S2/c16-10-7-5-9(6-8-10)13(20)15(17,18)24(21,22)14-19-11-3-1-2-4-12(11)23-14/h1-8H. The quantitative estimate of drug-likeness (QED) is 0.577. The minimum atomic E-state index is -5.25. The fraction of sp³-hybridized carbons (Fsp3) is 0.0667. The largest absolute Gasteiger partial charge is 0.413 e. The van der Waals surface area contributed by atoms with E-state index in [1.54, 1.807) is 18.2 Å². The Morgan fingerprint density at radius 1 is 1.08 bits per heavy atom. The molecule has 3 rings (SSSR count). The minimum absolute atomic E-state index is 0.285. The number of carbonyl (C=O) groups excluding carboxylic acids is 1. The van der Waals surface area contributed by atoms with Crippen molar-refractivity contribution in [3.8, 4) is 0 Å². The summed E-state index contributed by atoms with van der Waals surface area (Å²) in [5.41, 5.74) is -0.110. The van der Waals surface area contributed by atoms with Crippen molar-refractivity contribution in [1.82, 2.24) is 4.98 Å². The van der Waals surface area contributed by atoms with Crippen LogP contribution in [0.2, 0.25) is 0 Å². The molecule has 0 saturated carbocycles. The number of aromatic nitrogens is 1. The first kappa shape index (κ1) is 17.1. The second-order valence-electron chi connectivity index (χ2n) is 4.80. The van der Waals surface area contributed by atoms with Crippen molar-refractivity contribution in [2.45, 2.75) is 9.59 Å². The minimum Gasteiger partial charge on any atom is -0.286 e. The maximum Gasteiger partial charge on any atom is 0.413 e. The van der Waals surface area contributed by atoms with E-state index in [-0.39, 0.29) is 5.52 Å². The molecule has 0 bridgehead atoms. The summed E-state index contributed by atoms with van der Waals surface area (Å²) in [6.45, 7) is 0. The van der Waals surface area contributed by atoms with Crippen LogP contribution in [0.5, 0.6) is 0 Å². The molecule has 124 valence electrons. The van der Waals surface area contributed by atoms with E-state index in [1.165, 1.54) is 18.2 Å². The summed E-state index contributed by atoms with van der Waals surface area (Å²) in [5, 5.41) is -4.60. The fourth-order valence-electron chi connectivity index (χ4n) is 1.97. The number of para-hydroxylation sites is 1. The smallest absolute Gasteiger partial charge is 0.286 e. The molecule has 24 heavy (non-hydrogen) atoms. The average molecular weight is 432 g/mol. The van der Waals surface area contributed by atoms with Crippen molar-refractivity contribution < 1.29 is 22.0 Å². The summed E-state index contributed by atoms with van der Waals surface area (Å²) in [6, 6.07) is 11.4. The molecule has 3 aromatic rings. The zero-order chi connectivity index (χ0) is 17.5. The van der Waals surface area contributed by atoms with Crippen molar-refractivity contribution in [3.05, 3.63) is 58.6 Å². The van der Waals surface area contributed by atoms with Gasteiger partial charge in [-0.25, -0.2) is 13.4 Å². The molecule has 1 heterocycles. The summed E-state index contributed by atoms with van der Waals surface area (Å²) in [5.74, 6) is -1.78. The molecule has 0 spiro atoms. The highest BCUT2D eigenvalue weighted by Gasteiger charge is 2.55. The van der Waals surface area contributed by atoms with Crippen LogP contribution >= 0.6 is 27.3 Å². The Labute approximate surface area is 148 Å². The normalized spacial score (nSPS) is 12.5. The Hall–Kier alpha value is -1.71. The monoisotopic (exact) mass is 431 g/mol. The van der Waals surface area contributed by atoms with Crippen LogP contribution in [0.3, 0.4) is 0 Å². The topological polar surface area (TPSA) is 64.1 Å². The van der Waals surface area contributed by atoms with E-state index in [4.69, 9.17) is 0 Å².